The van der Waals surface area contributed by atoms with Crippen LogP contribution in [0.25, 0.3) is 11.3 Å². The second kappa shape index (κ2) is 7.38. The monoisotopic (exact) mass is 395 g/mol. The van der Waals surface area contributed by atoms with E-state index < -0.39 is 17.3 Å². The van der Waals surface area contributed by atoms with Crippen molar-refractivity contribution in [2.24, 2.45) is 5.16 Å². The van der Waals surface area contributed by atoms with Gasteiger partial charge in [-0.15, -0.1) is 0 Å². The fourth-order valence-corrected chi connectivity index (χ4v) is 3.06. The lowest BCUT2D eigenvalue weighted by Crippen LogP contribution is -2.40. The van der Waals surface area contributed by atoms with E-state index in [1.807, 2.05) is 18.2 Å². The predicted octanol–water partition coefficient (Wildman–Crippen LogP) is 4.01. The van der Waals surface area contributed by atoms with Gasteiger partial charge in [-0.1, -0.05) is 40.6 Å². The van der Waals surface area contributed by atoms with E-state index in [-0.39, 0.29) is 12.3 Å². The molecule has 29 heavy (non-hydrogen) atoms. The molecule has 0 saturated carbocycles. The number of aromatic nitrogens is 1. The fourth-order valence-electron chi connectivity index (χ4n) is 3.06. The molecule has 4 rings (SSSR count). The van der Waals surface area contributed by atoms with Crippen LogP contribution in [0.2, 0.25) is 0 Å². The van der Waals surface area contributed by atoms with Crippen molar-refractivity contribution >= 4 is 17.5 Å². The molecule has 2 aromatic carbocycles. The summed E-state index contributed by atoms with van der Waals surface area (Å²) in [5.41, 5.74) is 0.621. The molecule has 8 heteroatoms. The van der Waals surface area contributed by atoms with Crippen LogP contribution in [0.1, 0.15) is 18.9 Å². The van der Waals surface area contributed by atoms with E-state index in [2.05, 4.69) is 15.6 Å². The van der Waals surface area contributed by atoms with Crippen LogP contribution in [-0.2, 0) is 9.63 Å². The zero-order chi connectivity index (χ0) is 20.4. The molecule has 1 atom stereocenters. The van der Waals surface area contributed by atoms with E-state index in [9.17, 15) is 9.18 Å². The molecule has 7 nitrogen and oxygen atoms in total. The number of methoxy groups -OCH3 is 1. The minimum atomic E-state index is -1.30. The number of amides is 1. The van der Waals surface area contributed by atoms with Gasteiger partial charge in [0.15, 0.2) is 0 Å². The smallest absolute Gasteiger partial charge is 0.273 e. The number of carbonyl (C=O) groups is 1. The van der Waals surface area contributed by atoms with Crippen molar-refractivity contribution in [1.29, 1.82) is 0 Å². The number of nitrogens with one attached hydrogen (secondary N) is 1. The van der Waals surface area contributed by atoms with Gasteiger partial charge in [-0.2, -0.15) is 0 Å². The summed E-state index contributed by atoms with van der Waals surface area (Å²) in [5.74, 6) is -0.112. The molecule has 148 valence electrons. The van der Waals surface area contributed by atoms with Gasteiger partial charge in [-0.05, 0) is 25.1 Å². The lowest BCUT2D eigenvalue weighted by molar-refractivity contribution is -0.136. The van der Waals surface area contributed by atoms with Crippen molar-refractivity contribution < 1.29 is 23.3 Å². The van der Waals surface area contributed by atoms with Crippen LogP contribution in [0.15, 0.2) is 64.3 Å². The van der Waals surface area contributed by atoms with Gasteiger partial charge in [0.2, 0.25) is 11.5 Å². The van der Waals surface area contributed by atoms with Crippen molar-refractivity contribution in [3.63, 3.8) is 0 Å². The van der Waals surface area contributed by atoms with Crippen LogP contribution in [0, 0.1) is 5.82 Å². The van der Waals surface area contributed by atoms with Gasteiger partial charge >= 0.3 is 0 Å². The highest BCUT2D eigenvalue weighted by molar-refractivity contribution is 6.07. The summed E-state index contributed by atoms with van der Waals surface area (Å²) in [6.45, 7) is 1.58. The highest BCUT2D eigenvalue weighted by atomic mass is 19.1. The summed E-state index contributed by atoms with van der Waals surface area (Å²) < 4.78 is 24.5. The second-order valence-corrected chi connectivity index (χ2v) is 6.75. The molecule has 0 fully saturated rings. The average Bonchev–Trinajstić information content (AvgIpc) is 3.36. The minimum Gasteiger partial charge on any atom is -0.496 e. The molecule has 0 radical (unpaired) electrons. The molecule has 1 aromatic heterocycles. The Balaban J connectivity index is 1.48. The molecular weight excluding hydrogens is 377 g/mol. The predicted molar refractivity (Wildman–Crippen MR) is 104 cm³/mol. The number of ether oxygens (including phenoxy) is 1. The molecule has 1 unspecified atom stereocenters. The van der Waals surface area contributed by atoms with Crippen LogP contribution in [0.5, 0.6) is 5.75 Å². The summed E-state index contributed by atoms with van der Waals surface area (Å²) >= 11 is 0. The number of hydrogen-bond donors (Lipinski definition) is 1. The number of rotatable bonds is 5. The van der Waals surface area contributed by atoms with Crippen LogP contribution < -0.4 is 10.1 Å². The molecule has 3 aromatic rings. The van der Waals surface area contributed by atoms with E-state index in [4.69, 9.17) is 14.1 Å². The van der Waals surface area contributed by atoms with Gasteiger partial charge < -0.3 is 14.1 Å². The molecule has 1 N–H and O–H groups in total. The van der Waals surface area contributed by atoms with Crippen molar-refractivity contribution in [3.8, 4) is 17.0 Å². The van der Waals surface area contributed by atoms with Crippen molar-refractivity contribution in [3.05, 3.63) is 66.0 Å². The van der Waals surface area contributed by atoms with Gasteiger partial charge in [0.05, 0.1) is 12.8 Å². The first-order valence-electron chi connectivity index (χ1n) is 8.92. The number of benzene rings is 2. The van der Waals surface area contributed by atoms with Crippen molar-refractivity contribution in [2.45, 2.75) is 18.9 Å². The zero-order valence-corrected chi connectivity index (χ0v) is 15.8. The first kappa shape index (κ1) is 18.7. The quantitative estimate of drug-likeness (QED) is 0.705. The Kier molecular flexibility index (Phi) is 4.75. The molecule has 0 bridgehead atoms. The summed E-state index contributed by atoms with van der Waals surface area (Å²) in [6, 6.07) is 15.1. The van der Waals surface area contributed by atoms with Crippen LogP contribution >= 0.6 is 0 Å². The average molecular weight is 395 g/mol. The first-order valence-corrected chi connectivity index (χ1v) is 8.92. The van der Waals surface area contributed by atoms with Crippen LogP contribution in [0.3, 0.4) is 0 Å². The van der Waals surface area contributed by atoms with E-state index in [1.165, 1.54) is 6.07 Å². The third-order valence-corrected chi connectivity index (χ3v) is 4.66. The van der Waals surface area contributed by atoms with Crippen molar-refractivity contribution in [2.75, 3.05) is 12.4 Å². The number of hydrogen-bond acceptors (Lipinski definition) is 6. The zero-order valence-electron chi connectivity index (χ0n) is 15.8. The Hall–Kier alpha value is -3.68. The van der Waals surface area contributed by atoms with Crippen LogP contribution in [0.4, 0.5) is 10.3 Å². The van der Waals surface area contributed by atoms with Gasteiger partial charge in [-0.3, -0.25) is 10.1 Å². The van der Waals surface area contributed by atoms with Crippen LogP contribution in [-0.4, -0.2) is 29.5 Å². The maximum atomic E-state index is 14.0. The molecule has 2 heterocycles. The minimum absolute atomic E-state index is 0.118. The van der Waals surface area contributed by atoms with Gasteiger partial charge in [-0.25, -0.2) is 4.39 Å². The summed E-state index contributed by atoms with van der Waals surface area (Å²) in [7, 11) is 1.56. The number of nitrogens with zero attached hydrogens (tertiary/aromatic N) is 2. The lowest BCUT2D eigenvalue weighted by Gasteiger charge is -2.19. The Bertz CT molecular complexity index is 1090. The topological polar surface area (TPSA) is 86.0 Å². The highest BCUT2D eigenvalue weighted by Crippen LogP contribution is 2.32. The number of para-hydroxylation sites is 1. The molecule has 0 spiro atoms. The van der Waals surface area contributed by atoms with Gasteiger partial charge in [0.25, 0.3) is 5.91 Å². The number of oxime groups is 1. The molecule has 1 amide bonds. The standard InChI is InChI=1S/C21H18FN3O4/c1-21(12-17(25-29-21)13-7-3-5-9-15(13)22)20(26)23-19-11-16(24-28-19)14-8-4-6-10-18(14)27-2/h3-11H,12H2,1-2H3,(H,23,26). The molecule has 1 aliphatic rings. The Labute approximate surface area is 166 Å². The highest BCUT2D eigenvalue weighted by Gasteiger charge is 2.43. The normalized spacial score (nSPS) is 18.1. The summed E-state index contributed by atoms with van der Waals surface area (Å²) in [5, 5.41) is 10.5. The van der Waals surface area contributed by atoms with E-state index in [1.54, 1.807) is 44.4 Å². The SMILES string of the molecule is COc1ccccc1-c1cc(NC(=O)C2(C)CC(c3ccccc3F)=NO2)on1. The second-order valence-electron chi connectivity index (χ2n) is 6.75. The Morgan fingerprint density at radius 1 is 1.17 bits per heavy atom. The molecule has 0 aliphatic carbocycles. The van der Waals surface area contributed by atoms with Gasteiger partial charge in [0, 0.05) is 23.6 Å². The third kappa shape index (κ3) is 3.56. The Morgan fingerprint density at radius 2 is 1.90 bits per heavy atom. The van der Waals surface area contributed by atoms with E-state index in [0.717, 1.165) is 5.56 Å². The maximum Gasteiger partial charge on any atom is 0.273 e. The van der Waals surface area contributed by atoms with E-state index in [0.29, 0.717) is 22.7 Å². The summed E-state index contributed by atoms with van der Waals surface area (Å²) in [4.78, 5) is 18.1. The molecule has 0 saturated heterocycles. The lowest BCUT2D eigenvalue weighted by atomic mass is 9.95. The fraction of sp³-hybridized carbons (Fsp3) is 0.190. The molecular formula is C21H18FN3O4. The van der Waals surface area contributed by atoms with Crippen molar-refractivity contribution in [1.82, 2.24) is 5.16 Å². The first-order chi connectivity index (χ1) is 14.0. The molecule has 1 aliphatic heterocycles. The number of carbonyl (C=O) groups excluding carboxylic acids is 1. The van der Waals surface area contributed by atoms with E-state index >= 15 is 0 Å². The number of halogens is 1. The Morgan fingerprint density at radius 3 is 2.66 bits per heavy atom. The third-order valence-electron chi connectivity index (χ3n) is 4.66. The number of anilines is 1. The van der Waals surface area contributed by atoms with Gasteiger partial charge in [0.1, 0.15) is 17.3 Å². The largest absolute Gasteiger partial charge is 0.496 e. The summed E-state index contributed by atoms with van der Waals surface area (Å²) in [6.07, 6.45) is 0.118. The maximum absolute atomic E-state index is 14.0.